The van der Waals surface area contributed by atoms with Crippen molar-refractivity contribution in [3.8, 4) is 0 Å². The Balaban J connectivity index is 1.31. The number of carbonyl (C=O) groups excluding carboxylic acids is 1. The number of oxazole rings is 1. The highest BCUT2D eigenvalue weighted by molar-refractivity contribution is 5.92. The average molecular weight is 471 g/mol. The third kappa shape index (κ3) is 5.49. The van der Waals surface area contributed by atoms with Crippen molar-refractivity contribution in [2.24, 2.45) is 0 Å². The molecule has 4 aromatic rings. The van der Waals surface area contributed by atoms with Crippen LogP contribution in [-0.2, 0) is 19.5 Å². The van der Waals surface area contributed by atoms with Crippen LogP contribution in [0, 0.1) is 0 Å². The molecule has 1 fully saturated rings. The van der Waals surface area contributed by atoms with Gasteiger partial charge in [0.25, 0.3) is 5.91 Å². The predicted octanol–water partition coefficient (Wildman–Crippen LogP) is 5.76. The minimum absolute atomic E-state index is 0.0212. The lowest BCUT2D eigenvalue weighted by molar-refractivity contribution is 0.0787. The van der Waals surface area contributed by atoms with Crippen molar-refractivity contribution >= 4 is 16.8 Å². The first-order chi connectivity index (χ1) is 17.1. The largest absolute Gasteiger partial charge is 0.447 e. The molecule has 1 aliphatic heterocycles. The second-order valence-corrected chi connectivity index (χ2v) is 9.84. The van der Waals surface area contributed by atoms with Crippen molar-refractivity contribution in [3.63, 3.8) is 0 Å². The van der Waals surface area contributed by atoms with Gasteiger partial charge in [0.05, 0.1) is 6.54 Å². The fourth-order valence-electron chi connectivity index (χ4n) is 4.85. The zero-order chi connectivity index (χ0) is 24.2. The number of aromatic nitrogens is 2. The van der Waals surface area contributed by atoms with Gasteiger partial charge in [0.1, 0.15) is 6.26 Å². The van der Waals surface area contributed by atoms with Crippen molar-refractivity contribution < 1.29 is 9.21 Å². The molecule has 1 saturated heterocycles. The molecule has 0 unspecified atom stereocenters. The highest BCUT2D eigenvalue weighted by Gasteiger charge is 2.23. The van der Waals surface area contributed by atoms with Crippen molar-refractivity contribution in [3.05, 3.63) is 89.3 Å². The quantitative estimate of drug-likeness (QED) is 0.338. The maximum Gasteiger partial charge on any atom is 0.275 e. The minimum Gasteiger partial charge on any atom is -0.447 e. The first-order valence-corrected chi connectivity index (χ1v) is 12.7. The molecule has 0 atom stereocenters. The van der Waals surface area contributed by atoms with E-state index in [1.807, 2.05) is 4.90 Å². The molecule has 0 bridgehead atoms. The number of nitrogens with one attached hydrogen (secondary N) is 1. The first kappa shape index (κ1) is 23.4. The Bertz CT molecular complexity index is 1270. The van der Waals surface area contributed by atoms with Crippen LogP contribution in [-0.4, -0.2) is 45.3 Å². The summed E-state index contributed by atoms with van der Waals surface area (Å²) in [6.45, 7) is 8.25. The van der Waals surface area contributed by atoms with Crippen LogP contribution in [0.5, 0.6) is 0 Å². The Hall–Kier alpha value is -3.38. The van der Waals surface area contributed by atoms with Crippen LogP contribution in [0.1, 0.15) is 65.7 Å². The van der Waals surface area contributed by atoms with Gasteiger partial charge in [0.2, 0.25) is 5.89 Å². The van der Waals surface area contributed by atoms with Crippen LogP contribution in [0.2, 0.25) is 0 Å². The smallest absolute Gasteiger partial charge is 0.275 e. The lowest BCUT2D eigenvalue weighted by Gasteiger charge is -2.21. The fourth-order valence-corrected chi connectivity index (χ4v) is 4.85. The minimum atomic E-state index is -0.0212. The zero-order valence-electron chi connectivity index (χ0n) is 20.7. The molecule has 182 valence electrons. The van der Waals surface area contributed by atoms with Crippen molar-refractivity contribution in [1.82, 2.24) is 19.8 Å². The van der Waals surface area contributed by atoms with E-state index < -0.39 is 0 Å². The van der Waals surface area contributed by atoms with E-state index in [1.54, 1.807) is 0 Å². The summed E-state index contributed by atoms with van der Waals surface area (Å²) in [4.78, 5) is 24.9. The average Bonchev–Trinajstić information content (AvgIpc) is 3.64. The van der Waals surface area contributed by atoms with Gasteiger partial charge < -0.3 is 14.3 Å². The highest BCUT2D eigenvalue weighted by Crippen LogP contribution is 2.21. The molecule has 1 N–H and O–H groups in total. The Morgan fingerprint density at radius 1 is 1.09 bits per heavy atom. The van der Waals surface area contributed by atoms with Crippen LogP contribution in [0.3, 0.4) is 0 Å². The molecule has 35 heavy (non-hydrogen) atoms. The predicted molar refractivity (Wildman–Crippen MR) is 138 cm³/mol. The topological polar surface area (TPSA) is 65.4 Å². The van der Waals surface area contributed by atoms with Crippen LogP contribution in [0.4, 0.5) is 0 Å². The lowest BCUT2D eigenvalue weighted by Crippen LogP contribution is -2.28. The Morgan fingerprint density at radius 2 is 1.86 bits per heavy atom. The molecular weight excluding hydrogens is 436 g/mol. The van der Waals surface area contributed by atoms with E-state index in [2.05, 4.69) is 83.4 Å². The molecule has 0 radical (unpaired) electrons. The number of H-pyrrole nitrogens is 1. The normalized spacial score (nSPS) is 14.0. The molecule has 6 nitrogen and oxygen atoms in total. The van der Waals surface area contributed by atoms with Crippen molar-refractivity contribution in [1.29, 1.82) is 0 Å². The number of amides is 1. The van der Waals surface area contributed by atoms with Gasteiger partial charge in [-0.05, 0) is 47.9 Å². The zero-order valence-corrected chi connectivity index (χ0v) is 20.7. The maximum absolute atomic E-state index is 12.7. The number of fused-ring (bicyclic) bond motifs is 1. The SMILES string of the molecule is CC(C)c1ccc(CN(CCc2c[nH]c3ccccc23)Cc2nc(C(=O)N3CCCC3)co2)cc1. The summed E-state index contributed by atoms with van der Waals surface area (Å²) >= 11 is 0. The van der Waals surface area contributed by atoms with Gasteiger partial charge in [0.15, 0.2) is 5.69 Å². The molecule has 3 heterocycles. The summed E-state index contributed by atoms with van der Waals surface area (Å²) in [5.41, 5.74) is 5.49. The molecule has 0 aliphatic carbocycles. The molecule has 5 rings (SSSR count). The van der Waals surface area contributed by atoms with Gasteiger partial charge >= 0.3 is 0 Å². The Kier molecular flexibility index (Phi) is 7.00. The number of likely N-dealkylation sites (tertiary alicyclic amines) is 1. The molecule has 2 aromatic heterocycles. The number of aromatic amines is 1. The molecule has 2 aromatic carbocycles. The van der Waals surface area contributed by atoms with E-state index in [4.69, 9.17) is 4.42 Å². The second-order valence-electron chi connectivity index (χ2n) is 9.84. The van der Waals surface area contributed by atoms with E-state index in [9.17, 15) is 4.79 Å². The Morgan fingerprint density at radius 3 is 2.63 bits per heavy atom. The monoisotopic (exact) mass is 470 g/mol. The van der Waals surface area contributed by atoms with Gasteiger partial charge in [-0.1, -0.05) is 56.3 Å². The van der Waals surface area contributed by atoms with Gasteiger partial charge in [-0.2, -0.15) is 0 Å². The summed E-state index contributed by atoms with van der Waals surface area (Å²) in [6, 6.07) is 17.3. The molecule has 0 saturated carbocycles. The highest BCUT2D eigenvalue weighted by atomic mass is 16.3. The van der Waals surface area contributed by atoms with Gasteiger partial charge in [0, 0.05) is 43.3 Å². The van der Waals surface area contributed by atoms with Crippen LogP contribution < -0.4 is 0 Å². The second kappa shape index (κ2) is 10.5. The molecule has 1 amide bonds. The molecule has 6 heteroatoms. The third-order valence-electron chi connectivity index (χ3n) is 6.95. The van der Waals surface area contributed by atoms with Gasteiger partial charge in [-0.15, -0.1) is 0 Å². The van der Waals surface area contributed by atoms with Crippen LogP contribution >= 0.6 is 0 Å². The number of carbonyl (C=O) groups is 1. The number of benzene rings is 2. The number of hydrogen-bond acceptors (Lipinski definition) is 4. The lowest BCUT2D eigenvalue weighted by atomic mass is 10.0. The van der Waals surface area contributed by atoms with Crippen LogP contribution in [0.15, 0.2) is 65.4 Å². The van der Waals surface area contributed by atoms with E-state index in [-0.39, 0.29) is 5.91 Å². The molecule has 1 aliphatic rings. The standard InChI is InChI=1S/C29H34N4O2/c1-21(2)23-11-9-22(10-12-23)18-32(16-13-24-17-30-26-8-4-3-7-25(24)26)19-28-31-27(20-35-28)29(34)33-14-5-6-15-33/h3-4,7-12,17,20-21,30H,5-6,13-16,18-19H2,1-2H3. The number of para-hydroxylation sites is 1. The first-order valence-electron chi connectivity index (χ1n) is 12.7. The fraction of sp³-hybridized carbons (Fsp3) is 0.379. The molecular formula is C29H34N4O2. The van der Waals surface area contributed by atoms with Crippen LogP contribution in [0.25, 0.3) is 10.9 Å². The number of nitrogens with zero attached hydrogens (tertiary/aromatic N) is 3. The van der Waals surface area contributed by atoms with E-state index >= 15 is 0 Å². The summed E-state index contributed by atoms with van der Waals surface area (Å²) in [6.07, 6.45) is 6.67. The van der Waals surface area contributed by atoms with Gasteiger partial charge in [-0.25, -0.2) is 4.98 Å². The summed E-state index contributed by atoms with van der Waals surface area (Å²) in [5.74, 6) is 1.08. The van der Waals surface area contributed by atoms with E-state index in [1.165, 1.54) is 28.3 Å². The van der Waals surface area contributed by atoms with E-state index in [0.717, 1.165) is 51.0 Å². The van der Waals surface area contributed by atoms with E-state index in [0.29, 0.717) is 24.0 Å². The summed E-state index contributed by atoms with van der Waals surface area (Å²) in [7, 11) is 0. The Labute approximate surface area is 207 Å². The molecule has 0 spiro atoms. The summed E-state index contributed by atoms with van der Waals surface area (Å²) in [5, 5.41) is 1.27. The van der Waals surface area contributed by atoms with Crippen molar-refractivity contribution in [2.45, 2.75) is 52.1 Å². The number of hydrogen-bond donors (Lipinski definition) is 1. The number of rotatable bonds is 9. The maximum atomic E-state index is 12.7. The third-order valence-corrected chi connectivity index (χ3v) is 6.95. The van der Waals surface area contributed by atoms with Crippen molar-refractivity contribution in [2.75, 3.05) is 19.6 Å². The summed E-state index contributed by atoms with van der Waals surface area (Å²) < 4.78 is 5.76. The van der Waals surface area contributed by atoms with Gasteiger partial charge in [-0.3, -0.25) is 9.69 Å².